The highest BCUT2D eigenvalue weighted by atomic mass is 16.3. The van der Waals surface area contributed by atoms with Gasteiger partial charge in [-0.15, -0.1) is 0 Å². The summed E-state index contributed by atoms with van der Waals surface area (Å²) in [6.07, 6.45) is 2.69. The van der Waals surface area contributed by atoms with Crippen LogP contribution in [0.3, 0.4) is 0 Å². The molecule has 15 heavy (non-hydrogen) atoms. The maximum atomic E-state index is 8.88. The van der Waals surface area contributed by atoms with Gasteiger partial charge in [0.25, 0.3) is 0 Å². The zero-order valence-electron chi connectivity index (χ0n) is 9.27. The molecular weight excluding hydrogens is 192 g/mol. The maximum Gasteiger partial charge on any atom is 0.222 e. The fourth-order valence-corrected chi connectivity index (χ4v) is 1.16. The summed E-state index contributed by atoms with van der Waals surface area (Å²) >= 11 is 0. The fourth-order valence-electron chi connectivity index (χ4n) is 1.16. The second kappa shape index (κ2) is 6.31. The van der Waals surface area contributed by atoms with Gasteiger partial charge in [0.1, 0.15) is 0 Å². The van der Waals surface area contributed by atoms with E-state index in [0.717, 1.165) is 19.5 Å². The van der Waals surface area contributed by atoms with E-state index < -0.39 is 0 Å². The summed E-state index contributed by atoms with van der Waals surface area (Å²) in [5.74, 6) is 0.584. The first-order valence-electron chi connectivity index (χ1n) is 5.04. The van der Waals surface area contributed by atoms with E-state index in [4.69, 9.17) is 5.11 Å². The summed E-state index contributed by atoms with van der Waals surface area (Å²) in [6, 6.07) is 1.70. The Balaban J connectivity index is 2.30. The Hall–Kier alpha value is -1.20. The average molecular weight is 210 g/mol. The summed E-state index contributed by atoms with van der Waals surface area (Å²) < 4.78 is 0. The van der Waals surface area contributed by atoms with E-state index in [1.807, 2.05) is 14.1 Å². The molecule has 0 fully saturated rings. The quantitative estimate of drug-likeness (QED) is 0.663. The summed E-state index contributed by atoms with van der Waals surface area (Å²) in [5.41, 5.74) is 0.639. The molecule has 5 heteroatoms. The lowest BCUT2D eigenvalue weighted by Crippen LogP contribution is -2.17. The van der Waals surface area contributed by atoms with Crippen LogP contribution >= 0.6 is 0 Å². The molecule has 0 spiro atoms. The van der Waals surface area contributed by atoms with Crippen LogP contribution in [-0.4, -0.2) is 47.2 Å². The number of aliphatic hydroxyl groups excluding tert-OH is 1. The number of aromatic nitrogens is 2. The van der Waals surface area contributed by atoms with Crippen molar-refractivity contribution in [2.45, 2.75) is 13.0 Å². The van der Waals surface area contributed by atoms with Gasteiger partial charge in [-0.1, -0.05) is 0 Å². The third kappa shape index (κ3) is 4.71. The Morgan fingerprint density at radius 1 is 1.47 bits per heavy atom. The molecule has 5 nitrogen and oxygen atoms in total. The fraction of sp³-hybridized carbons (Fsp3) is 0.600. The summed E-state index contributed by atoms with van der Waals surface area (Å²) in [6.45, 7) is 1.83. The third-order valence-electron chi connectivity index (χ3n) is 1.94. The zero-order valence-corrected chi connectivity index (χ0v) is 9.27. The third-order valence-corrected chi connectivity index (χ3v) is 1.94. The predicted molar refractivity (Wildman–Crippen MR) is 59.6 cm³/mol. The minimum Gasteiger partial charge on any atom is -0.390 e. The minimum absolute atomic E-state index is 0.0467. The number of hydrogen-bond acceptors (Lipinski definition) is 5. The van der Waals surface area contributed by atoms with E-state index in [1.54, 1.807) is 12.3 Å². The SMILES string of the molecule is CN(C)CCCNc1nccc(CO)n1. The van der Waals surface area contributed by atoms with Gasteiger partial charge in [0.2, 0.25) is 5.95 Å². The number of aliphatic hydroxyl groups is 1. The van der Waals surface area contributed by atoms with Gasteiger partial charge < -0.3 is 15.3 Å². The Morgan fingerprint density at radius 3 is 2.93 bits per heavy atom. The molecule has 0 aromatic carbocycles. The molecule has 2 N–H and O–H groups in total. The molecule has 1 heterocycles. The number of nitrogens with zero attached hydrogens (tertiary/aromatic N) is 3. The largest absolute Gasteiger partial charge is 0.390 e. The van der Waals surface area contributed by atoms with Crippen molar-refractivity contribution in [3.05, 3.63) is 18.0 Å². The number of rotatable bonds is 6. The van der Waals surface area contributed by atoms with Crippen molar-refractivity contribution in [3.63, 3.8) is 0 Å². The van der Waals surface area contributed by atoms with Crippen molar-refractivity contribution in [1.29, 1.82) is 0 Å². The topological polar surface area (TPSA) is 61.3 Å². The molecule has 0 saturated heterocycles. The van der Waals surface area contributed by atoms with Crippen molar-refractivity contribution in [3.8, 4) is 0 Å². The Bertz CT molecular complexity index is 291. The summed E-state index contributed by atoms with van der Waals surface area (Å²) in [5, 5.41) is 12.0. The Morgan fingerprint density at radius 2 is 2.27 bits per heavy atom. The molecule has 0 amide bonds. The molecule has 84 valence electrons. The van der Waals surface area contributed by atoms with Crippen molar-refractivity contribution >= 4 is 5.95 Å². The van der Waals surface area contributed by atoms with Crippen molar-refractivity contribution in [2.75, 3.05) is 32.5 Å². The normalized spacial score (nSPS) is 10.7. The van der Waals surface area contributed by atoms with Crippen molar-refractivity contribution in [2.24, 2.45) is 0 Å². The molecular formula is C10H18N4O. The smallest absolute Gasteiger partial charge is 0.222 e. The lowest BCUT2D eigenvalue weighted by Gasteiger charge is -2.09. The molecule has 0 radical (unpaired) electrons. The van der Waals surface area contributed by atoms with Crippen LogP contribution in [0.4, 0.5) is 5.95 Å². The maximum absolute atomic E-state index is 8.88. The van der Waals surface area contributed by atoms with Crippen LogP contribution in [0.2, 0.25) is 0 Å². The molecule has 0 aliphatic carbocycles. The molecule has 1 aromatic rings. The van der Waals surface area contributed by atoms with Crippen LogP contribution in [0, 0.1) is 0 Å². The van der Waals surface area contributed by atoms with Crippen molar-refractivity contribution in [1.82, 2.24) is 14.9 Å². The van der Waals surface area contributed by atoms with Crippen LogP contribution < -0.4 is 5.32 Å². The van der Waals surface area contributed by atoms with Gasteiger partial charge in [-0.2, -0.15) is 0 Å². The number of hydrogen-bond donors (Lipinski definition) is 2. The van der Waals surface area contributed by atoms with E-state index in [0.29, 0.717) is 11.6 Å². The summed E-state index contributed by atoms with van der Waals surface area (Å²) in [7, 11) is 4.09. The predicted octanol–water partition coefficient (Wildman–Crippen LogP) is 0.332. The van der Waals surface area contributed by atoms with E-state index >= 15 is 0 Å². The van der Waals surface area contributed by atoms with Gasteiger partial charge in [-0.25, -0.2) is 9.97 Å². The lowest BCUT2D eigenvalue weighted by atomic mass is 10.4. The van der Waals surface area contributed by atoms with Gasteiger partial charge >= 0.3 is 0 Å². The second-order valence-electron chi connectivity index (χ2n) is 3.61. The van der Waals surface area contributed by atoms with E-state index in [2.05, 4.69) is 20.2 Å². The van der Waals surface area contributed by atoms with E-state index in [-0.39, 0.29) is 6.61 Å². The van der Waals surface area contributed by atoms with Gasteiger partial charge in [0.15, 0.2) is 0 Å². The molecule has 0 saturated carbocycles. The Kier molecular flexibility index (Phi) is 5.00. The Labute approximate surface area is 90.2 Å². The van der Waals surface area contributed by atoms with Gasteiger partial charge in [-0.3, -0.25) is 0 Å². The van der Waals surface area contributed by atoms with Gasteiger partial charge in [0.05, 0.1) is 12.3 Å². The second-order valence-corrected chi connectivity index (χ2v) is 3.61. The molecule has 1 rings (SSSR count). The number of anilines is 1. The highest BCUT2D eigenvalue weighted by molar-refractivity contribution is 5.24. The highest BCUT2D eigenvalue weighted by Gasteiger charge is 1.97. The monoisotopic (exact) mass is 210 g/mol. The van der Waals surface area contributed by atoms with E-state index in [9.17, 15) is 0 Å². The van der Waals surface area contributed by atoms with Gasteiger partial charge in [-0.05, 0) is 33.1 Å². The van der Waals surface area contributed by atoms with Gasteiger partial charge in [0, 0.05) is 12.7 Å². The molecule has 0 bridgehead atoms. The molecule has 1 aromatic heterocycles. The van der Waals surface area contributed by atoms with Crippen molar-refractivity contribution < 1.29 is 5.11 Å². The van der Waals surface area contributed by atoms with Crippen LogP contribution in [0.5, 0.6) is 0 Å². The molecule has 0 atom stereocenters. The lowest BCUT2D eigenvalue weighted by molar-refractivity contribution is 0.277. The zero-order chi connectivity index (χ0) is 11.1. The molecule has 0 aliphatic heterocycles. The van der Waals surface area contributed by atoms with Crippen LogP contribution in [0.25, 0.3) is 0 Å². The molecule has 0 unspecified atom stereocenters. The first-order valence-corrected chi connectivity index (χ1v) is 5.04. The number of nitrogens with one attached hydrogen (secondary N) is 1. The van der Waals surface area contributed by atoms with Crippen LogP contribution in [0.1, 0.15) is 12.1 Å². The minimum atomic E-state index is -0.0467. The first-order chi connectivity index (χ1) is 7.22. The highest BCUT2D eigenvalue weighted by Crippen LogP contribution is 2.00. The average Bonchev–Trinajstić information content (AvgIpc) is 2.24. The first kappa shape index (κ1) is 11.9. The standard InChI is InChI=1S/C10H18N4O/c1-14(2)7-3-5-11-10-12-6-4-9(8-15)13-10/h4,6,15H,3,5,7-8H2,1-2H3,(H,11,12,13). The molecule has 0 aliphatic rings. The van der Waals surface area contributed by atoms with Crippen LogP contribution in [0.15, 0.2) is 12.3 Å². The summed E-state index contributed by atoms with van der Waals surface area (Å²) in [4.78, 5) is 10.3. The van der Waals surface area contributed by atoms with Crippen LogP contribution in [-0.2, 0) is 6.61 Å². The van der Waals surface area contributed by atoms with E-state index in [1.165, 1.54) is 0 Å².